The van der Waals surface area contributed by atoms with Gasteiger partial charge in [0.2, 0.25) is 0 Å². The summed E-state index contributed by atoms with van der Waals surface area (Å²) in [7, 11) is 0. The number of hydrogen-bond acceptors (Lipinski definition) is 2. The van der Waals surface area contributed by atoms with Crippen LogP contribution < -0.4 is 0 Å². The lowest BCUT2D eigenvalue weighted by Gasteiger charge is -2.23. The van der Waals surface area contributed by atoms with Crippen LogP contribution in [0.25, 0.3) is 0 Å². The zero-order valence-corrected chi connectivity index (χ0v) is 8.21. The lowest BCUT2D eigenvalue weighted by atomic mass is 9.97. The van der Waals surface area contributed by atoms with Crippen LogP contribution in [-0.4, -0.2) is 35.2 Å². The summed E-state index contributed by atoms with van der Waals surface area (Å²) >= 11 is 0. The van der Waals surface area contributed by atoms with Gasteiger partial charge in [0.15, 0.2) is 0 Å². The molecule has 0 amide bonds. The minimum atomic E-state index is -0.283. The highest BCUT2D eigenvalue weighted by Gasteiger charge is 2.48. The van der Waals surface area contributed by atoms with E-state index in [0.717, 1.165) is 25.4 Å². The summed E-state index contributed by atoms with van der Waals surface area (Å²) in [5.41, 5.74) is -0.283. The lowest BCUT2D eigenvalue weighted by Crippen LogP contribution is -2.35. The molecule has 0 aromatic heterocycles. The van der Waals surface area contributed by atoms with Crippen LogP contribution in [0.5, 0.6) is 0 Å². The van der Waals surface area contributed by atoms with E-state index in [1.807, 2.05) is 0 Å². The number of aliphatic hydroxyl groups is 1. The van der Waals surface area contributed by atoms with Gasteiger partial charge in [-0.3, -0.25) is 0 Å². The number of nitrogens with zero attached hydrogens (tertiary/aromatic N) is 1. The SMILES string of the molecule is OC1(C2CC2)CCN(CC2CC2)C1. The van der Waals surface area contributed by atoms with Gasteiger partial charge in [-0.05, 0) is 43.9 Å². The monoisotopic (exact) mass is 181 g/mol. The normalized spacial score (nSPS) is 41.3. The third kappa shape index (κ3) is 1.62. The van der Waals surface area contributed by atoms with Crippen molar-refractivity contribution in [1.82, 2.24) is 4.90 Å². The van der Waals surface area contributed by atoms with Crippen LogP contribution in [0.3, 0.4) is 0 Å². The fourth-order valence-electron chi connectivity index (χ4n) is 2.67. The summed E-state index contributed by atoms with van der Waals surface area (Å²) in [5, 5.41) is 10.3. The molecule has 0 spiro atoms. The van der Waals surface area contributed by atoms with E-state index in [2.05, 4.69) is 4.90 Å². The smallest absolute Gasteiger partial charge is 0.0814 e. The Morgan fingerprint density at radius 1 is 1.23 bits per heavy atom. The van der Waals surface area contributed by atoms with Crippen LogP contribution in [0.1, 0.15) is 32.1 Å². The third-order valence-corrected chi connectivity index (χ3v) is 3.91. The minimum absolute atomic E-state index is 0.283. The average Bonchev–Trinajstić information content (AvgIpc) is 2.94. The van der Waals surface area contributed by atoms with E-state index in [-0.39, 0.29) is 5.60 Å². The fraction of sp³-hybridized carbons (Fsp3) is 1.00. The van der Waals surface area contributed by atoms with E-state index in [1.54, 1.807) is 0 Å². The molecule has 3 rings (SSSR count). The first-order valence-electron chi connectivity index (χ1n) is 5.71. The van der Waals surface area contributed by atoms with Gasteiger partial charge in [0, 0.05) is 19.6 Å². The third-order valence-electron chi connectivity index (χ3n) is 3.91. The Hall–Kier alpha value is -0.0800. The van der Waals surface area contributed by atoms with Crippen LogP contribution in [-0.2, 0) is 0 Å². The Balaban J connectivity index is 1.56. The topological polar surface area (TPSA) is 23.5 Å². The summed E-state index contributed by atoms with van der Waals surface area (Å²) in [6.07, 6.45) is 6.43. The predicted molar refractivity (Wildman–Crippen MR) is 51.5 cm³/mol. The Kier molecular flexibility index (Phi) is 1.72. The van der Waals surface area contributed by atoms with Gasteiger partial charge in [-0.25, -0.2) is 0 Å². The highest BCUT2D eigenvalue weighted by molar-refractivity contribution is 5.01. The molecule has 2 saturated carbocycles. The molecule has 1 aliphatic heterocycles. The van der Waals surface area contributed by atoms with Crippen molar-refractivity contribution < 1.29 is 5.11 Å². The summed E-state index contributed by atoms with van der Waals surface area (Å²) in [5.74, 6) is 1.62. The standard InChI is InChI=1S/C11H19NO/c13-11(10-3-4-10)5-6-12(8-11)7-9-1-2-9/h9-10,13H,1-8H2. The van der Waals surface area contributed by atoms with Crippen LogP contribution >= 0.6 is 0 Å². The number of hydrogen-bond donors (Lipinski definition) is 1. The van der Waals surface area contributed by atoms with E-state index >= 15 is 0 Å². The van der Waals surface area contributed by atoms with E-state index < -0.39 is 0 Å². The van der Waals surface area contributed by atoms with Gasteiger partial charge in [-0.15, -0.1) is 0 Å². The maximum atomic E-state index is 10.3. The minimum Gasteiger partial charge on any atom is -0.388 e. The molecule has 3 fully saturated rings. The molecule has 0 bridgehead atoms. The van der Waals surface area contributed by atoms with Gasteiger partial charge in [-0.2, -0.15) is 0 Å². The number of β-amino-alcohol motifs (C(OH)–C–C–N with tert-alkyl or cyclic N) is 1. The summed E-state index contributed by atoms with van der Waals surface area (Å²) in [6.45, 7) is 3.37. The Bertz CT molecular complexity index is 210. The second kappa shape index (κ2) is 2.71. The quantitative estimate of drug-likeness (QED) is 0.708. The molecule has 1 saturated heterocycles. The van der Waals surface area contributed by atoms with E-state index in [0.29, 0.717) is 5.92 Å². The van der Waals surface area contributed by atoms with Crippen molar-refractivity contribution in [3.05, 3.63) is 0 Å². The largest absolute Gasteiger partial charge is 0.388 e. The maximum absolute atomic E-state index is 10.3. The first-order valence-corrected chi connectivity index (χ1v) is 5.71. The van der Waals surface area contributed by atoms with Gasteiger partial charge in [0.25, 0.3) is 0 Å². The first kappa shape index (κ1) is 8.25. The highest BCUT2D eigenvalue weighted by atomic mass is 16.3. The van der Waals surface area contributed by atoms with Crippen molar-refractivity contribution in [2.24, 2.45) is 11.8 Å². The zero-order chi connectivity index (χ0) is 8.89. The van der Waals surface area contributed by atoms with Crippen molar-refractivity contribution in [2.45, 2.75) is 37.7 Å². The van der Waals surface area contributed by atoms with E-state index in [1.165, 1.54) is 32.2 Å². The first-order chi connectivity index (χ1) is 6.26. The number of likely N-dealkylation sites (tertiary alicyclic amines) is 1. The summed E-state index contributed by atoms with van der Waals surface area (Å²) in [4.78, 5) is 2.48. The van der Waals surface area contributed by atoms with Crippen molar-refractivity contribution >= 4 is 0 Å². The van der Waals surface area contributed by atoms with E-state index in [4.69, 9.17) is 0 Å². The van der Waals surface area contributed by atoms with Gasteiger partial charge in [-0.1, -0.05) is 0 Å². The van der Waals surface area contributed by atoms with Crippen molar-refractivity contribution in [3.63, 3.8) is 0 Å². The molecule has 1 heterocycles. The van der Waals surface area contributed by atoms with Crippen LogP contribution in [0.15, 0.2) is 0 Å². The molecule has 0 aromatic carbocycles. The van der Waals surface area contributed by atoms with Crippen molar-refractivity contribution in [3.8, 4) is 0 Å². The molecule has 1 unspecified atom stereocenters. The van der Waals surface area contributed by atoms with Crippen LogP contribution in [0, 0.1) is 11.8 Å². The highest BCUT2D eigenvalue weighted by Crippen LogP contribution is 2.45. The van der Waals surface area contributed by atoms with Gasteiger partial charge in [0.1, 0.15) is 0 Å². The molecule has 2 heteroatoms. The maximum Gasteiger partial charge on any atom is 0.0814 e. The molecule has 2 aliphatic carbocycles. The molecule has 0 radical (unpaired) electrons. The van der Waals surface area contributed by atoms with Gasteiger partial charge >= 0.3 is 0 Å². The van der Waals surface area contributed by atoms with Gasteiger partial charge < -0.3 is 10.0 Å². The van der Waals surface area contributed by atoms with Crippen LogP contribution in [0.2, 0.25) is 0 Å². The Labute approximate surface area is 79.9 Å². The van der Waals surface area contributed by atoms with Crippen molar-refractivity contribution in [2.75, 3.05) is 19.6 Å². The molecule has 0 aromatic rings. The second-order valence-corrected chi connectivity index (χ2v) is 5.31. The molecule has 1 atom stereocenters. The second-order valence-electron chi connectivity index (χ2n) is 5.31. The molecule has 74 valence electrons. The average molecular weight is 181 g/mol. The molecule has 3 aliphatic rings. The lowest BCUT2D eigenvalue weighted by molar-refractivity contribution is 0.0267. The predicted octanol–water partition coefficient (Wildman–Crippen LogP) is 1.24. The molecule has 2 nitrogen and oxygen atoms in total. The Morgan fingerprint density at radius 3 is 2.62 bits per heavy atom. The summed E-state index contributed by atoms with van der Waals surface area (Å²) in [6, 6.07) is 0. The van der Waals surface area contributed by atoms with Crippen molar-refractivity contribution in [1.29, 1.82) is 0 Å². The van der Waals surface area contributed by atoms with Gasteiger partial charge in [0.05, 0.1) is 5.60 Å². The van der Waals surface area contributed by atoms with Crippen LogP contribution in [0.4, 0.5) is 0 Å². The molecular formula is C11H19NO. The summed E-state index contributed by atoms with van der Waals surface area (Å²) < 4.78 is 0. The fourth-order valence-corrected chi connectivity index (χ4v) is 2.67. The molecular weight excluding hydrogens is 162 g/mol. The zero-order valence-electron chi connectivity index (χ0n) is 8.21. The number of rotatable bonds is 3. The van der Waals surface area contributed by atoms with E-state index in [9.17, 15) is 5.11 Å². The molecule has 1 N–H and O–H groups in total. The molecule has 13 heavy (non-hydrogen) atoms. The Morgan fingerprint density at radius 2 is 2.00 bits per heavy atom.